The molecule has 3 nitrogen and oxygen atoms in total. The fourth-order valence-electron chi connectivity index (χ4n) is 0.297. The Morgan fingerprint density at radius 3 is 2.33 bits per heavy atom. The van der Waals surface area contributed by atoms with Crippen LogP contribution in [0.15, 0.2) is 0 Å². The van der Waals surface area contributed by atoms with Crippen molar-refractivity contribution in [2.24, 2.45) is 0 Å². The Morgan fingerprint density at radius 1 is 1.44 bits per heavy atom. The van der Waals surface area contributed by atoms with Gasteiger partial charge >= 0.3 is 18.9 Å². The first kappa shape index (κ1) is 12.2. The first-order chi connectivity index (χ1) is 3.77. The molecule has 0 heterocycles. The van der Waals surface area contributed by atoms with Gasteiger partial charge in [0.05, 0.1) is 13.2 Å². The van der Waals surface area contributed by atoms with Crippen molar-refractivity contribution in [3.63, 3.8) is 0 Å². The third-order valence-corrected chi connectivity index (χ3v) is 0.640. The molecule has 0 bridgehead atoms. The van der Waals surface area contributed by atoms with Crippen LogP contribution in [0.25, 0.3) is 0 Å². The molecule has 1 unspecified atom stereocenters. The molecule has 0 amide bonds. The number of hydrogen-bond donors (Lipinski definition) is 0. The Kier molecular flexibility index (Phi) is 11.5. The van der Waals surface area contributed by atoms with Gasteiger partial charge in [0.1, 0.15) is 0 Å². The second-order valence-corrected chi connectivity index (χ2v) is 1.43. The van der Waals surface area contributed by atoms with Gasteiger partial charge in [0, 0.05) is 7.11 Å². The van der Waals surface area contributed by atoms with E-state index < -0.39 is 6.29 Å². The van der Waals surface area contributed by atoms with Gasteiger partial charge in [0.15, 0.2) is 0 Å². The summed E-state index contributed by atoms with van der Waals surface area (Å²) in [4.78, 5) is 0. The van der Waals surface area contributed by atoms with Crippen LogP contribution in [0.5, 0.6) is 0 Å². The normalized spacial score (nSPS) is 12.3. The first-order valence-corrected chi connectivity index (χ1v) is 2.53. The van der Waals surface area contributed by atoms with Crippen molar-refractivity contribution in [1.82, 2.24) is 0 Å². The molecule has 0 spiro atoms. The third-order valence-electron chi connectivity index (χ3n) is 0.640. The van der Waals surface area contributed by atoms with Gasteiger partial charge in [-0.15, -0.1) is 0 Å². The zero-order valence-corrected chi connectivity index (χ0v) is 6.22. The van der Waals surface area contributed by atoms with Crippen LogP contribution >= 0.6 is 0 Å². The summed E-state index contributed by atoms with van der Waals surface area (Å²) in [6.45, 7) is 2.34. The summed E-state index contributed by atoms with van der Waals surface area (Å²) < 4.78 is 9.23. The average Bonchev–Trinajstić information content (AvgIpc) is 1.66. The van der Waals surface area contributed by atoms with Crippen molar-refractivity contribution in [3.8, 4) is 0 Å². The van der Waals surface area contributed by atoms with Gasteiger partial charge < -0.3 is 14.6 Å². The van der Waals surface area contributed by atoms with Gasteiger partial charge in [-0.2, -0.15) is 0 Å². The maximum Gasteiger partial charge on any atom is 1.00 e. The Balaban J connectivity index is 0. The van der Waals surface area contributed by atoms with Crippen molar-refractivity contribution in [3.05, 3.63) is 0 Å². The molecule has 0 aromatic rings. The molecule has 0 aliphatic heterocycles. The first-order valence-electron chi connectivity index (χ1n) is 2.53. The molecule has 0 fully saturated rings. The van der Waals surface area contributed by atoms with Crippen LogP contribution in [0.3, 0.4) is 0 Å². The molecule has 0 saturated carbocycles. The third kappa shape index (κ3) is 11.9. The van der Waals surface area contributed by atoms with Crippen molar-refractivity contribution in [2.75, 3.05) is 20.3 Å². The fourth-order valence-corrected chi connectivity index (χ4v) is 0.297. The van der Waals surface area contributed by atoms with E-state index in [9.17, 15) is 5.11 Å². The van der Waals surface area contributed by atoms with Crippen LogP contribution in [-0.4, -0.2) is 26.6 Å². The van der Waals surface area contributed by atoms with Crippen LogP contribution in [-0.2, 0) is 9.47 Å². The summed E-state index contributed by atoms with van der Waals surface area (Å²) in [6, 6.07) is 0. The van der Waals surface area contributed by atoms with Crippen molar-refractivity contribution < 1.29 is 33.4 Å². The second-order valence-electron chi connectivity index (χ2n) is 1.43. The maximum atomic E-state index is 10.1. The minimum atomic E-state index is -0.926. The van der Waals surface area contributed by atoms with E-state index >= 15 is 0 Å². The zero-order valence-electron chi connectivity index (χ0n) is 6.22. The summed E-state index contributed by atoms with van der Waals surface area (Å²) in [5, 5.41) is 10.1. The Morgan fingerprint density at radius 2 is 2.00 bits per heavy atom. The van der Waals surface area contributed by atoms with Gasteiger partial charge in [-0.3, -0.25) is 0 Å². The molecule has 0 radical (unpaired) electrons. The summed E-state index contributed by atoms with van der Waals surface area (Å²) in [5.41, 5.74) is 0. The predicted octanol–water partition coefficient (Wildman–Crippen LogP) is -3.64. The second kappa shape index (κ2) is 8.48. The van der Waals surface area contributed by atoms with Gasteiger partial charge in [-0.25, -0.2) is 0 Å². The summed E-state index contributed by atoms with van der Waals surface area (Å²) >= 11 is 0. The monoisotopic (exact) mass is 126 g/mol. The topological polar surface area (TPSA) is 41.5 Å². The summed E-state index contributed by atoms with van der Waals surface area (Å²) in [7, 11) is 1.57. The molecule has 0 aromatic heterocycles. The average molecular weight is 126 g/mol. The molecule has 4 heteroatoms. The molecular formula is C5H11LiO3. The largest absolute Gasteiger partial charge is 1.00 e. The summed E-state index contributed by atoms with van der Waals surface area (Å²) in [6.07, 6.45) is -0.926. The molecule has 0 aromatic carbocycles. The van der Waals surface area contributed by atoms with Crippen LogP contribution in [0.4, 0.5) is 0 Å². The van der Waals surface area contributed by atoms with Crippen LogP contribution in [0.2, 0.25) is 0 Å². The minimum absolute atomic E-state index is 0. The van der Waals surface area contributed by atoms with Crippen LogP contribution < -0.4 is 24.0 Å². The standard InChI is InChI=1S/C5H11O3.Li/c1-5(6)8-4-3-7-2;/h5H,3-4H2,1-2H3;/q-1;+1. The Hall–Kier alpha value is 0.477. The van der Waals surface area contributed by atoms with Gasteiger partial charge in [0.2, 0.25) is 0 Å². The maximum absolute atomic E-state index is 10.1. The van der Waals surface area contributed by atoms with Crippen LogP contribution in [0, 0.1) is 0 Å². The fraction of sp³-hybridized carbons (Fsp3) is 1.00. The van der Waals surface area contributed by atoms with Crippen molar-refractivity contribution >= 4 is 0 Å². The Bertz CT molecular complexity index is 49.5. The molecule has 0 aliphatic rings. The number of rotatable bonds is 4. The molecule has 0 saturated heterocycles. The molecular weight excluding hydrogens is 115 g/mol. The molecule has 0 aliphatic carbocycles. The number of methoxy groups -OCH3 is 1. The van der Waals surface area contributed by atoms with E-state index in [0.717, 1.165) is 0 Å². The smallest absolute Gasteiger partial charge is 0.831 e. The SMILES string of the molecule is COCCOC(C)[O-].[Li+]. The molecule has 1 atom stereocenters. The number of hydrogen-bond acceptors (Lipinski definition) is 3. The van der Waals surface area contributed by atoms with E-state index in [2.05, 4.69) is 9.47 Å². The van der Waals surface area contributed by atoms with Crippen molar-refractivity contribution in [2.45, 2.75) is 13.2 Å². The van der Waals surface area contributed by atoms with Gasteiger partial charge in [-0.1, -0.05) is 6.92 Å². The van der Waals surface area contributed by atoms with Crippen LogP contribution in [0.1, 0.15) is 6.92 Å². The van der Waals surface area contributed by atoms with Crippen molar-refractivity contribution in [1.29, 1.82) is 0 Å². The van der Waals surface area contributed by atoms with E-state index in [-0.39, 0.29) is 18.9 Å². The van der Waals surface area contributed by atoms with E-state index in [1.165, 1.54) is 6.92 Å². The van der Waals surface area contributed by atoms with E-state index in [4.69, 9.17) is 0 Å². The molecule has 0 N–H and O–H groups in total. The number of ether oxygens (including phenoxy) is 2. The van der Waals surface area contributed by atoms with E-state index in [1.807, 2.05) is 0 Å². The predicted molar refractivity (Wildman–Crippen MR) is 27.3 cm³/mol. The molecule has 50 valence electrons. The Labute approximate surface area is 67.5 Å². The summed E-state index contributed by atoms with van der Waals surface area (Å²) in [5.74, 6) is 0. The van der Waals surface area contributed by atoms with E-state index in [0.29, 0.717) is 13.2 Å². The molecule has 0 rings (SSSR count). The van der Waals surface area contributed by atoms with Gasteiger partial charge in [0.25, 0.3) is 0 Å². The quantitative estimate of drug-likeness (QED) is 0.222. The zero-order chi connectivity index (χ0) is 6.41. The minimum Gasteiger partial charge on any atom is -0.831 e. The van der Waals surface area contributed by atoms with Gasteiger partial charge in [-0.05, 0) is 6.29 Å². The van der Waals surface area contributed by atoms with E-state index in [1.54, 1.807) is 7.11 Å². The molecule has 9 heavy (non-hydrogen) atoms.